The molecule has 11 heteroatoms. The molecule has 1 fully saturated rings. The molecule has 0 saturated carbocycles. The van der Waals surface area contributed by atoms with Crippen LogP contribution in [0.1, 0.15) is 16.1 Å². The first-order valence-electron chi connectivity index (χ1n) is 10.7. The van der Waals surface area contributed by atoms with Crippen LogP contribution in [0, 0.1) is 0 Å². The molecule has 3 aromatic rings. The number of fused-ring (bicyclic) bond motifs is 1. The maximum atomic E-state index is 12.7. The van der Waals surface area contributed by atoms with Crippen molar-refractivity contribution in [2.45, 2.75) is 11.5 Å². The standard InChI is InChI=1S/C23H22N2O8S/c26-23(16-1-4-19(5-2-16)34(27,28)25-7-9-29-10-8-25)32-15-18-14-21(33-24-18)17-3-6-20-22(13-17)31-12-11-30-20/h1-6,13-14H,7-12,15H2. The number of rotatable bonds is 6. The highest BCUT2D eigenvalue weighted by atomic mass is 32.2. The molecule has 0 amide bonds. The van der Waals surface area contributed by atoms with E-state index in [1.807, 2.05) is 6.07 Å². The molecule has 0 aliphatic carbocycles. The summed E-state index contributed by atoms with van der Waals surface area (Å²) in [4.78, 5) is 12.5. The molecule has 2 aliphatic rings. The molecule has 0 radical (unpaired) electrons. The van der Waals surface area contributed by atoms with Gasteiger partial charge in [-0.1, -0.05) is 5.16 Å². The average Bonchev–Trinajstić information content (AvgIpc) is 3.37. The molecule has 178 valence electrons. The van der Waals surface area contributed by atoms with Gasteiger partial charge in [-0.3, -0.25) is 0 Å². The second-order valence-corrected chi connectivity index (χ2v) is 9.60. The van der Waals surface area contributed by atoms with Crippen molar-refractivity contribution in [2.75, 3.05) is 39.5 Å². The van der Waals surface area contributed by atoms with E-state index in [-0.39, 0.29) is 17.1 Å². The number of carbonyl (C=O) groups excluding carboxylic acids is 1. The summed E-state index contributed by atoms with van der Waals surface area (Å²) in [6.07, 6.45) is 0. The lowest BCUT2D eigenvalue weighted by atomic mass is 10.1. The second kappa shape index (κ2) is 9.45. The maximum absolute atomic E-state index is 12.7. The molecule has 1 saturated heterocycles. The van der Waals surface area contributed by atoms with Gasteiger partial charge >= 0.3 is 5.97 Å². The zero-order chi connectivity index (χ0) is 23.5. The number of benzene rings is 2. The SMILES string of the molecule is O=C(OCc1cc(-c2ccc3c(c2)OCCO3)on1)c1ccc(S(=O)(=O)N2CCOCC2)cc1. The van der Waals surface area contributed by atoms with E-state index in [9.17, 15) is 13.2 Å². The highest BCUT2D eigenvalue weighted by Crippen LogP contribution is 2.34. The Hall–Kier alpha value is -3.41. The van der Waals surface area contributed by atoms with E-state index in [4.69, 9.17) is 23.5 Å². The van der Waals surface area contributed by atoms with Crippen LogP contribution in [0.3, 0.4) is 0 Å². The number of hydrogen-bond donors (Lipinski definition) is 0. The normalized spacial score (nSPS) is 16.2. The van der Waals surface area contributed by atoms with E-state index >= 15 is 0 Å². The van der Waals surface area contributed by atoms with Gasteiger partial charge in [0.25, 0.3) is 0 Å². The lowest BCUT2D eigenvalue weighted by molar-refractivity contribution is 0.0464. The molecule has 0 atom stereocenters. The van der Waals surface area contributed by atoms with Gasteiger partial charge in [0, 0.05) is 24.7 Å². The summed E-state index contributed by atoms with van der Waals surface area (Å²) in [6, 6.07) is 12.8. The molecule has 5 rings (SSSR count). The first-order valence-corrected chi connectivity index (χ1v) is 12.2. The van der Waals surface area contributed by atoms with Gasteiger partial charge < -0.3 is 23.5 Å². The number of aromatic nitrogens is 1. The lowest BCUT2D eigenvalue weighted by Crippen LogP contribution is -2.40. The Kier molecular flexibility index (Phi) is 6.22. The number of hydrogen-bond acceptors (Lipinski definition) is 9. The van der Waals surface area contributed by atoms with E-state index in [2.05, 4.69) is 5.16 Å². The van der Waals surface area contributed by atoms with Gasteiger partial charge in [0.2, 0.25) is 10.0 Å². The van der Waals surface area contributed by atoms with Crippen molar-refractivity contribution < 1.29 is 36.7 Å². The predicted octanol–water partition coefficient (Wildman–Crippen LogP) is 2.49. The van der Waals surface area contributed by atoms with Crippen molar-refractivity contribution in [3.8, 4) is 22.8 Å². The van der Waals surface area contributed by atoms with Crippen molar-refractivity contribution in [1.82, 2.24) is 9.46 Å². The molecule has 2 aromatic carbocycles. The Morgan fingerprint density at radius 1 is 0.941 bits per heavy atom. The molecule has 1 aromatic heterocycles. The molecule has 0 unspecified atom stereocenters. The van der Waals surface area contributed by atoms with Crippen LogP contribution in [0.25, 0.3) is 11.3 Å². The Labute approximate surface area is 196 Å². The van der Waals surface area contributed by atoms with E-state index < -0.39 is 16.0 Å². The summed E-state index contributed by atoms with van der Waals surface area (Å²) in [5, 5.41) is 3.95. The van der Waals surface area contributed by atoms with Crippen LogP contribution in [0.5, 0.6) is 11.5 Å². The summed E-state index contributed by atoms with van der Waals surface area (Å²) in [6.45, 7) is 2.23. The van der Waals surface area contributed by atoms with Gasteiger partial charge in [0.15, 0.2) is 17.3 Å². The largest absolute Gasteiger partial charge is 0.486 e. The van der Waals surface area contributed by atoms with Crippen LogP contribution in [-0.4, -0.2) is 63.4 Å². The van der Waals surface area contributed by atoms with Crippen molar-refractivity contribution in [2.24, 2.45) is 0 Å². The summed E-state index contributed by atoms with van der Waals surface area (Å²) >= 11 is 0. The molecule has 3 heterocycles. The van der Waals surface area contributed by atoms with Crippen LogP contribution in [0.2, 0.25) is 0 Å². The maximum Gasteiger partial charge on any atom is 0.338 e. The summed E-state index contributed by atoms with van der Waals surface area (Å²) < 4.78 is 53.8. The number of esters is 1. The number of sulfonamides is 1. The fourth-order valence-electron chi connectivity index (χ4n) is 3.63. The van der Waals surface area contributed by atoms with E-state index in [0.717, 1.165) is 5.56 Å². The molecule has 0 bridgehead atoms. The molecular formula is C23H22N2O8S. The van der Waals surface area contributed by atoms with E-state index in [1.54, 1.807) is 18.2 Å². The molecule has 10 nitrogen and oxygen atoms in total. The van der Waals surface area contributed by atoms with Gasteiger partial charge in [0.05, 0.1) is 23.7 Å². The smallest absolute Gasteiger partial charge is 0.338 e. The number of morpholine rings is 1. The Morgan fingerprint density at radius 3 is 2.44 bits per heavy atom. The lowest BCUT2D eigenvalue weighted by Gasteiger charge is -2.26. The zero-order valence-corrected chi connectivity index (χ0v) is 19.0. The first-order chi connectivity index (χ1) is 16.5. The van der Waals surface area contributed by atoms with Crippen molar-refractivity contribution in [1.29, 1.82) is 0 Å². The van der Waals surface area contributed by atoms with Crippen LogP contribution < -0.4 is 9.47 Å². The minimum atomic E-state index is -3.63. The van der Waals surface area contributed by atoms with Gasteiger partial charge in [-0.2, -0.15) is 4.31 Å². The van der Waals surface area contributed by atoms with Crippen molar-refractivity contribution in [3.63, 3.8) is 0 Å². The monoisotopic (exact) mass is 486 g/mol. The first kappa shape index (κ1) is 22.4. The zero-order valence-electron chi connectivity index (χ0n) is 18.1. The molecule has 0 spiro atoms. The quantitative estimate of drug-likeness (QED) is 0.484. The van der Waals surface area contributed by atoms with Crippen molar-refractivity contribution >= 4 is 16.0 Å². The Bertz CT molecular complexity index is 1280. The predicted molar refractivity (Wildman–Crippen MR) is 118 cm³/mol. The average molecular weight is 487 g/mol. The number of ether oxygens (including phenoxy) is 4. The summed E-state index contributed by atoms with van der Waals surface area (Å²) in [5.74, 6) is 1.21. The van der Waals surface area contributed by atoms with Crippen LogP contribution in [-0.2, 0) is 26.1 Å². The highest BCUT2D eigenvalue weighted by molar-refractivity contribution is 7.89. The second-order valence-electron chi connectivity index (χ2n) is 7.66. The molecule has 34 heavy (non-hydrogen) atoms. The molecular weight excluding hydrogens is 464 g/mol. The third-order valence-corrected chi connectivity index (χ3v) is 7.35. The Morgan fingerprint density at radius 2 is 1.68 bits per heavy atom. The number of nitrogens with zero attached hydrogens (tertiary/aromatic N) is 2. The minimum absolute atomic E-state index is 0.0965. The summed E-state index contributed by atoms with van der Waals surface area (Å²) in [7, 11) is -3.63. The Balaban J connectivity index is 1.21. The molecule has 2 aliphatic heterocycles. The van der Waals surface area contributed by atoms with Gasteiger partial charge in [-0.05, 0) is 42.5 Å². The van der Waals surface area contributed by atoms with E-state index in [1.165, 1.54) is 28.6 Å². The molecule has 0 N–H and O–H groups in total. The van der Waals surface area contributed by atoms with Crippen LogP contribution >= 0.6 is 0 Å². The van der Waals surface area contributed by atoms with E-state index in [0.29, 0.717) is 62.5 Å². The minimum Gasteiger partial charge on any atom is -0.486 e. The highest BCUT2D eigenvalue weighted by Gasteiger charge is 2.26. The summed E-state index contributed by atoms with van der Waals surface area (Å²) in [5.41, 5.74) is 1.42. The third kappa shape index (κ3) is 4.63. The fourth-order valence-corrected chi connectivity index (χ4v) is 5.04. The van der Waals surface area contributed by atoms with Crippen molar-refractivity contribution in [3.05, 3.63) is 59.8 Å². The third-order valence-electron chi connectivity index (χ3n) is 5.43. The van der Waals surface area contributed by atoms with Crippen LogP contribution in [0.4, 0.5) is 0 Å². The van der Waals surface area contributed by atoms with Gasteiger partial charge in [-0.25, -0.2) is 13.2 Å². The van der Waals surface area contributed by atoms with Gasteiger partial charge in [-0.15, -0.1) is 0 Å². The van der Waals surface area contributed by atoms with Gasteiger partial charge in [0.1, 0.15) is 25.5 Å². The topological polar surface area (TPSA) is 117 Å². The fraction of sp³-hybridized carbons (Fsp3) is 0.304. The van der Waals surface area contributed by atoms with Crippen LogP contribution in [0.15, 0.2) is 57.9 Å². The number of carbonyl (C=O) groups is 1.